The third kappa shape index (κ3) is 7.26. The van der Waals surface area contributed by atoms with Crippen molar-refractivity contribution in [2.45, 2.75) is 70.0 Å². The Morgan fingerprint density at radius 3 is 2.24 bits per heavy atom. The Bertz CT molecular complexity index is 2240. The summed E-state index contributed by atoms with van der Waals surface area (Å²) in [5, 5.41) is 11.7. The summed E-state index contributed by atoms with van der Waals surface area (Å²) in [6.07, 6.45) is 5.13. The second kappa shape index (κ2) is 15.5. The summed E-state index contributed by atoms with van der Waals surface area (Å²) in [4.78, 5) is 79.9. The van der Waals surface area contributed by atoms with E-state index in [1.807, 2.05) is 41.3 Å². The van der Waals surface area contributed by atoms with Crippen LogP contribution in [0.3, 0.4) is 0 Å². The lowest BCUT2D eigenvalue weighted by Crippen LogP contribution is -2.54. The number of anilines is 3. The summed E-state index contributed by atoms with van der Waals surface area (Å²) in [5.74, 6) is -1.31. The molecule has 0 radical (unpaired) electrons. The van der Waals surface area contributed by atoms with E-state index in [1.165, 1.54) is 0 Å². The van der Waals surface area contributed by atoms with Crippen molar-refractivity contribution in [3.05, 3.63) is 81.8 Å². The van der Waals surface area contributed by atoms with Gasteiger partial charge in [0.2, 0.25) is 17.5 Å². The van der Waals surface area contributed by atoms with Crippen molar-refractivity contribution in [1.82, 2.24) is 30.2 Å². The Labute approximate surface area is 348 Å². The van der Waals surface area contributed by atoms with Crippen molar-refractivity contribution < 1.29 is 24.0 Å². The summed E-state index contributed by atoms with van der Waals surface area (Å²) in [7, 11) is 0. The van der Waals surface area contributed by atoms with Crippen LogP contribution in [-0.2, 0) is 9.59 Å². The molecule has 5 saturated heterocycles. The number of aromatic nitrogens is 2. The molecule has 5 fully saturated rings. The predicted octanol–water partition coefficient (Wildman–Crippen LogP) is 4.39. The first kappa shape index (κ1) is 38.9. The van der Waals surface area contributed by atoms with E-state index >= 15 is 0 Å². The van der Waals surface area contributed by atoms with Gasteiger partial charge in [-0.1, -0.05) is 17.7 Å². The highest BCUT2D eigenvalue weighted by atomic mass is 35.5. The molecule has 0 aliphatic carbocycles. The largest absolute Gasteiger partial charge is 0.369 e. The molecule has 59 heavy (non-hydrogen) atoms. The highest BCUT2D eigenvalue weighted by Gasteiger charge is 2.46. The lowest BCUT2D eigenvalue weighted by molar-refractivity contribution is -0.136. The van der Waals surface area contributed by atoms with Gasteiger partial charge < -0.3 is 19.6 Å². The number of benzene rings is 2. The van der Waals surface area contributed by atoms with Gasteiger partial charge in [0, 0.05) is 93.8 Å². The van der Waals surface area contributed by atoms with Crippen molar-refractivity contribution in [3.8, 4) is 0 Å². The monoisotopic (exact) mass is 818 g/mol. The number of piperazine rings is 1. The number of amides is 5. The molecule has 9 rings (SSSR count). The molecule has 1 unspecified atom stereocenters. The van der Waals surface area contributed by atoms with E-state index in [9.17, 15) is 24.0 Å². The molecule has 306 valence electrons. The second-order valence-corrected chi connectivity index (χ2v) is 17.3. The molecule has 16 heteroatoms. The van der Waals surface area contributed by atoms with Crippen LogP contribution in [0.5, 0.6) is 0 Å². The van der Waals surface area contributed by atoms with Crippen LogP contribution in [0.4, 0.5) is 22.9 Å². The van der Waals surface area contributed by atoms with Crippen LogP contribution >= 0.6 is 11.6 Å². The fourth-order valence-electron chi connectivity index (χ4n) is 10.2. The zero-order valence-corrected chi connectivity index (χ0v) is 33.9. The zero-order chi connectivity index (χ0) is 41.0. The van der Waals surface area contributed by atoms with E-state index in [0.717, 1.165) is 100 Å². The van der Waals surface area contributed by atoms with Crippen LogP contribution in [0.25, 0.3) is 4.85 Å². The highest BCUT2D eigenvalue weighted by molar-refractivity contribution is 6.33. The Kier molecular flexibility index (Phi) is 10.2. The van der Waals surface area contributed by atoms with E-state index in [0.29, 0.717) is 41.6 Å². The second-order valence-electron chi connectivity index (χ2n) is 16.9. The summed E-state index contributed by atoms with van der Waals surface area (Å²) in [5.41, 5.74) is 3.55. The number of fused-ring (bicyclic) bond motifs is 1. The molecule has 0 bridgehead atoms. The molecule has 1 aromatic heterocycles. The number of piperidine rings is 3. The number of hydrogen-bond acceptors (Lipinski definition) is 11. The first-order valence-corrected chi connectivity index (χ1v) is 21.0. The Morgan fingerprint density at radius 2 is 1.56 bits per heavy atom. The van der Waals surface area contributed by atoms with Gasteiger partial charge in [-0.15, -0.1) is 10.2 Å². The Morgan fingerprint density at radius 1 is 0.831 bits per heavy atom. The number of halogens is 1. The summed E-state index contributed by atoms with van der Waals surface area (Å²) in [6, 6.07) is 14.5. The number of nitrogens with zero attached hydrogens (tertiary/aromatic N) is 9. The number of hydrogen-bond donors (Lipinski definition) is 1. The first-order valence-electron chi connectivity index (χ1n) is 20.7. The third-order valence-electron chi connectivity index (χ3n) is 13.5. The van der Waals surface area contributed by atoms with Gasteiger partial charge in [0.05, 0.1) is 17.7 Å². The van der Waals surface area contributed by atoms with Crippen LogP contribution in [0, 0.1) is 12.0 Å². The number of likely N-dealkylation sites (tertiary alicyclic amines) is 1. The number of carbonyl (C=O) groups is 5. The number of imide groups is 2. The molecule has 5 amide bonds. The molecule has 15 nitrogen and oxygen atoms in total. The molecular formula is C43H47ClN10O5. The van der Waals surface area contributed by atoms with Crippen molar-refractivity contribution >= 4 is 64.0 Å². The van der Waals surface area contributed by atoms with Crippen molar-refractivity contribution in [1.29, 1.82) is 0 Å². The smallest absolute Gasteiger partial charge is 0.274 e. The summed E-state index contributed by atoms with van der Waals surface area (Å²) >= 11 is 6.38. The number of carbonyl (C=O) groups excluding carboxylic acids is 5. The number of rotatable bonds is 6. The summed E-state index contributed by atoms with van der Waals surface area (Å²) in [6.45, 7) is 16.8. The Balaban J connectivity index is 0.736. The number of nitrogens with one attached hydrogen (secondary N) is 1. The van der Waals surface area contributed by atoms with Crippen LogP contribution in [0.15, 0.2) is 48.5 Å². The first-order chi connectivity index (χ1) is 28.5. The van der Waals surface area contributed by atoms with Gasteiger partial charge in [0.25, 0.3) is 17.7 Å². The average molecular weight is 819 g/mol. The maximum Gasteiger partial charge on any atom is 0.274 e. The van der Waals surface area contributed by atoms with Gasteiger partial charge in [-0.3, -0.25) is 39.1 Å². The fraction of sp³-hybridized carbons (Fsp3) is 0.488. The SMILES string of the molecule is [C-]#[N+]c1ccc(N2CC3(CCN(c4ccc(C(=O)N5CCC(N6CCN(c7ccc8c(c7)C(=O)N(C7CCC(=O)NC7=O)C8=O)CC6)CC5)nn4)CC3)C[C@@H]2C)cc1Cl. The third-order valence-corrected chi connectivity index (χ3v) is 13.8. The minimum absolute atomic E-state index is 0.0830. The van der Waals surface area contributed by atoms with Crippen molar-refractivity contribution in [2.75, 3.05) is 73.6 Å². The quantitative estimate of drug-likeness (QED) is 0.279. The Hall–Kier alpha value is -5.59. The van der Waals surface area contributed by atoms with Gasteiger partial charge in [-0.05, 0) is 93.3 Å². The van der Waals surface area contributed by atoms with Crippen molar-refractivity contribution in [3.63, 3.8) is 0 Å². The van der Waals surface area contributed by atoms with Gasteiger partial charge in [0.15, 0.2) is 11.5 Å². The molecule has 1 spiro atoms. The molecule has 3 aromatic rings. The van der Waals surface area contributed by atoms with Crippen LogP contribution in [0.1, 0.15) is 83.1 Å². The predicted molar refractivity (Wildman–Crippen MR) is 221 cm³/mol. The molecule has 2 atom stereocenters. The van der Waals surface area contributed by atoms with Gasteiger partial charge in [0.1, 0.15) is 6.04 Å². The average Bonchev–Trinajstić information content (AvgIpc) is 3.71. The lowest BCUT2D eigenvalue weighted by atomic mass is 9.77. The lowest BCUT2D eigenvalue weighted by Gasteiger charge is -2.43. The van der Waals surface area contributed by atoms with Gasteiger partial charge in [-0.25, -0.2) is 4.85 Å². The normalized spacial score (nSPS) is 23.8. The maximum absolute atomic E-state index is 13.5. The highest BCUT2D eigenvalue weighted by Crippen LogP contribution is 2.46. The fourth-order valence-corrected chi connectivity index (χ4v) is 10.4. The van der Waals surface area contributed by atoms with Crippen molar-refractivity contribution in [2.24, 2.45) is 5.41 Å². The van der Waals surface area contributed by atoms with Crippen LogP contribution < -0.4 is 20.0 Å². The molecule has 6 aliphatic heterocycles. The van der Waals surface area contributed by atoms with E-state index in [2.05, 4.69) is 46.9 Å². The van der Waals surface area contributed by atoms with Gasteiger partial charge >= 0.3 is 0 Å². The molecule has 1 N–H and O–H groups in total. The standard InChI is InChI=1S/C43H47ClN10O5/c1-27-25-43(26-53(27)30-4-6-34(45-2)33(44)24-30)13-17-51(18-14-43)37-9-7-35(47-48-37)42(59)52-15-11-28(12-16-52)49-19-21-50(22-20-49)29-3-5-31-32(23-29)41(58)54(40(31)57)36-8-10-38(55)46-39(36)56/h3-7,9,23-24,27-28,36H,8,10-22,25-26H2,1H3,(H,46,55,56)/t27-,36?/m0/s1. The molecule has 6 aliphatic rings. The molecule has 2 aromatic carbocycles. The van der Waals surface area contributed by atoms with Crippen LogP contribution in [-0.4, -0.2) is 131 Å². The molecule has 0 saturated carbocycles. The minimum Gasteiger partial charge on any atom is -0.369 e. The minimum atomic E-state index is -0.986. The maximum atomic E-state index is 13.5. The molecular weight excluding hydrogens is 772 g/mol. The van der Waals surface area contributed by atoms with Crippen LogP contribution in [0.2, 0.25) is 5.02 Å². The zero-order valence-electron chi connectivity index (χ0n) is 33.1. The van der Waals surface area contributed by atoms with Gasteiger partial charge in [-0.2, -0.15) is 0 Å². The van der Waals surface area contributed by atoms with E-state index in [-0.39, 0.29) is 35.3 Å². The molecule has 7 heterocycles. The van der Waals surface area contributed by atoms with E-state index in [1.54, 1.807) is 12.1 Å². The van der Waals surface area contributed by atoms with E-state index in [4.69, 9.17) is 18.2 Å². The topological polar surface area (TPSA) is 147 Å². The summed E-state index contributed by atoms with van der Waals surface area (Å²) < 4.78 is 0. The van der Waals surface area contributed by atoms with E-state index < -0.39 is 29.7 Å².